The number of aromatic nitrogens is 1. The third kappa shape index (κ3) is 5.72. The summed E-state index contributed by atoms with van der Waals surface area (Å²) in [6.07, 6.45) is 0.385. The Labute approximate surface area is 214 Å². The molecule has 2 aliphatic rings. The number of ether oxygens (including phenoxy) is 2. The van der Waals surface area contributed by atoms with Gasteiger partial charge < -0.3 is 19.9 Å². The number of halogens is 3. The number of aliphatic carboxylic acids is 1. The van der Waals surface area contributed by atoms with Gasteiger partial charge in [0.2, 0.25) is 0 Å². The van der Waals surface area contributed by atoms with Crippen molar-refractivity contribution in [3.8, 4) is 0 Å². The number of benzene rings is 1. The summed E-state index contributed by atoms with van der Waals surface area (Å²) in [7, 11) is 0. The molecule has 0 spiro atoms. The Morgan fingerprint density at radius 2 is 2.19 bits per heavy atom. The number of carboxylic acids is 1. The molecule has 4 rings (SSSR count). The maximum absolute atomic E-state index is 14.3. The number of rotatable bonds is 10. The summed E-state index contributed by atoms with van der Waals surface area (Å²) in [5.41, 5.74) is 0.940. The van der Waals surface area contributed by atoms with Crippen LogP contribution in [-0.2, 0) is 19.1 Å². The molecule has 1 aromatic carbocycles. The number of likely N-dealkylation sites (tertiary alicyclic amines) is 1. The zero-order chi connectivity index (χ0) is 25.8. The standard InChI is InChI=1S/C23H23ClF2N4O5S/c1-2-35-23(33)19-16(9-30-8-15(26)17(30)10-34-11-18(31)32)28-21(22-27-5-6-36-22)29-20(19)13-4-3-12(25)7-14(13)24/h3-7,15,17,20H,2,8-11H2,1H3,(H,28,29)(H,31,32). The summed E-state index contributed by atoms with van der Waals surface area (Å²) in [5.74, 6) is -1.97. The first-order chi connectivity index (χ1) is 17.3. The molecule has 2 aromatic rings. The lowest BCUT2D eigenvalue weighted by molar-refractivity contribution is -0.144. The molecule has 0 amide bonds. The van der Waals surface area contributed by atoms with Crippen LogP contribution >= 0.6 is 22.9 Å². The van der Waals surface area contributed by atoms with Gasteiger partial charge in [-0.05, 0) is 19.1 Å². The molecule has 2 N–H and O–H groups in total. The largest absolute Gasteiger partial charge is 0.480 e. The first kappa shape index (κ1) is 26.1. The lowest BCUT2D eigenvalue weighted by atomic mass is 9.93. The van der Waals surface area contributed by atoms with E-state index in [1.54, 1.807) is 23.4 Å². The third-order valence-corrected chi connectivity index (χ3v) is 6.79. The SMILES string of the molecule is CCOC(=O)C1=C(CN2CC(F)C2COCC(=O)O)NC(c2nccs2)=NC1c1ccc(F)cc1Cl. The first-order valence-electron chi connectivity index (χ1n) is 11.1. The number of thiazole rings is 1. The molecule has 0 saturated carbocycles. The van der Waals surface area contributed by atoms with Crippen LogP contribution in [0.25, 0.3) is 0 Å². The predicted octanol–water partition coefficient (Wildman–Crippen LogP) is 2.97. The third-order valence-electron chi connectivity index (χ3n) is 5.68. The van der Waals surface area contributed by atoms with E-state index in [1.807, 2.05) is 0 Å². The smallest absolute Gasteiger partial charge is 0.338 e. The molecular weight excluding hydrogens is 518 g/mol. The second-order valence-electron chi connectivity index (χ2n) is 8.04. The number of aliphatic imine (C=N–C) groups is 1. The molecule has 9 nitrogen and oxygen atoms in total. The number of nitrogens with zero attached hydrogens (tertiary/aromatic N) is 3. The van der Waals surface area contributed by atoms with Gasteiger partial charge in [-0.15, -0.1) is 11.3 Å². The minimum atomic E-state index is -1.22. The second kappa shape index (κ2) is 11.4. The van der Waals surface area contributed by atoms with Crippen LogP contribution in [0.2, 0.25) is 5.02 Å². The Morgan fingerprint density at radius 3 is 2.83 bits per heavy atom. The van der Waals surface area contributed by atoms with E-state index in [4.69, 9.17) is 26.2 Å². The van der Waals surface area contributed by atoms with E-state index in [9.17, 15) is 18.4 Å². The van der Waals surface area contributed by atoms with Crippen molar-refractivity contribution in [2.24, 2.45) is 4.99 Å². The Hall–Kier alpha value is -2.93. The summed E-state index contributed by atoms with van der Waals surface area (Å²) in [4.78, 5) is 34.6. The monoisotopic (exact) mass is 540 g/mol. The fourth-order valence-electron chi connectivity index (χ4n) is 4.00. The van der Waals surface area contributed by atoms with E-state index >= 15 is 0 Å². The van der Waals surface area contributed by atoms with Gasteiger partial charge in [0.15, 0.2) is 10.8 Å². The van der Waals surface area contributed by atoms with Crippen LogP contribution < -0.4 is 5.32 Å². The molecule has 36 heavy (non-hydrogen) atoms. The van der Waals surface area contributed by atoms with Crippen molar-refractivity contribution in [2.75, 3.05) is 32.9 Å². The number of hydrogen-bond donors (Lipinski definition) is 2. The van der Waals surface area contributed by atoms with Crippen molar-refractivity contribution in [1.82, 2.24) is 15.2 Å². The molecule has 1 aromatic heterocycles. The summed E-state index contributed by atoms with van der Waals surface area (Å²) in [6.45, 7) is 1.25. The Bertz CT molecular complexity index is 1190. The molecule has 192 valence electrons. The van der Waals surface area contributed by atoms with Gasteiger partial charge in [-0.3, -0.25) is 9.89 Å². The highest BCUT2D eigenvalue weighted by Gasteiger charge is 2.42. The second-order valence-corrected chi connectivity index (χ2v) is 9.34. The topological polar surface area (TPSA) is 113 Å². The van der Waals surface area contributed by atoms with Crippen LogP contribution in [0.15, 0.2) is 46.0 Å². The van der Waals surface area contributed by atoms with Crippen molar-refractivity contribution in [2.45, 2.75) is 25.2 Å². The predicted molar refractivity (Wildman–Crippen MR) is 128 cm³/mol. The van der Waals surface area contributed by atoms with Crippen molar-refractivity contribution in [3.63, 3.8) is 0 Å². The van der Waals surface area contributed by atoms with Crippen LogP contribution in [0, 0.1) is 5.82 Å². The van der Waals surface area contributed by atoms with Crippen molar-refractivity contribution in [3.05, 3.63) is 62.5 Å². The van der Waals surface area contributed by atoms with Gasteiger partial charge in [0.1, 0.15) is 24.6 Å². The van der Waals surface area contributed by atoms with Gasteiger partial charge in [0.25, 0.3) is 0 Å². The van der Waals surface area contributed by atoms with Gasteiger partial charge in [-0.1, -0.05) is 17.7 Å². The van der Waals surface area contributed by atoms with Crippen molar-refractivity contribution >= 4 is 40.7 Å². The number of carbonyl (C=O) groups is 2. The molecule has 0 radical (unpaired) electrons. The molecular formula is C23H23ClF2N4O5S. The van der Waals surface area contributed by atoms with E-state index in [2.05, 4.69) is 15.3 Å². The van der Waals surface area contributed by atoms with Gasteiger partial charge in [0.05, 0.1) is 24.8 Å². The summed E-state index contributed by atoms with van der Waals surface area (Å²) in [6, 6.07) is 2.19. The van der Waals surface area contributed by atoms with Gasteiger partial charge in [-0.25, -0.2) is 23.4 Å². The average molecular weight is 541 g/mol. The van der Waals surface area contributed by atoms with Crippen LogP contribution in [0.4, 0.5) is 8.78 Å². The maximum Gasteiger partial charge on any atom is 0.338 e. The number of esters is 1. The zero-order valence-electron chi connectivity index (χ0n) is 19.1. The minimum absolute atomic E-state index is 0.0636. The number of alkyl halides is 1. The van der Waals surface area contributed by atoms with Gasteiger partial charge >= 0.3 is 11.9 Å². The molecule has 0 aliphatic carbocycles. The van der Waals surface area contributed by atoms with E-state index in [0.29, 0.717) is 22.1 Å². The fourth-order valence-corrected chi connectivity index (χ4v) is 4.86. The zero-order valence-corrected chi connectivity index (χ0v) is 20.7. The first-order valence-corrected chi connectivity index (χ1v) is 12.3. The van der Waals surface area contributed by atoms with Crippen LogP contribution in [0.1, 0.15) is 23.5 Å². The van der Waals surface area contributed by atoms with Gasteiger partial charge in [0, 0.05) is 40.9 Å². The highest BCUT2D eigenvalue weighted by molar-refractivity contribution is 7.11. The lowest BCUT2D eigenvalue weighted by Gasteiger charge is -2.44. The molecule has 0 bridgehead atoms. The summed E-state index contributed by atoms with van der Waals surface area (Å²) in [5, 5.41) is 14.3. The van der Waals surface area contributed by atoms with Crippen LogP contribution in [0.5, 0.6) is 0 Å². The summed E-state index contributed by atoms with van der Waals surface area (Å²) >= 11 is 7.68. The number of carboxylic acid groups (broad SMARTS) is 1. The average Bonchev–Trinajstić information content (AvgIpc) is 3.36. The quantitative estimate of drug-likeness (QED) is 0.442. The Morgan fingerprint density at radius 1 is 1.39 bits per heavy atom. The van der Waals surface area contributed by atoms with Crippen molar-refractivity contribution in [1.29, 1.82) is 0 Å². The van der Waals surface area contributed by atoms with Crippen LogP contribution in [-0.4, -0.2) is 77.9 Å². The maximum atomic E-state index is 14.3. The molecule has 1 fully saturated rings. The summed E-state index contributed by atoms with van der Waals surface area (Å²) < 4.78 is 38.5. The Kier molecular flexibility index (Phi) is 8.29. The lowest BCUT2D eigenvalue weighted by Crippen LogP contribution is -2.61. The van der Waals surface area contributed by atoms with E-state index in [-0.39, 0.29) is 36.9 Å². The normalized spacial score (nSPS) is 22.0. The van der Waals surface area contributed by atoms with Crippen molar-refractivity contribution < 1.29 is 33.0 Å². The highest BCUT2D eigenvalue weighted by Crippen LogP contribution is 2.37. The minimum Gasteiger partial charge on any atom is -0.480 e. The Balaban J connectivity index is 1.72. The van der Waals surface area contributed by atoms with E-state index < -0.39 is 42.6 Å². The number of nitrogens with one attached hydrogen (secondary N) is 1. The molecule has 1 saturated heterocycles. The molecule has 3 unspecified atom stereocenters. The fraction of sp³-hybridized carbons (Fsp3) is 0.391. The molecule has 3 atom stereocenters. The number of carbonyl (C=O) groups excluding carboxylic acids is 1. The van der Waals surface area contributed by atoms with E-state index in [0.717, 1.165) is 6.07 Å². The van der Waals surface area contributed by atoms with E-state index in [1.165, 1.54) is 23.5 Å². The molecule has 2 aliphatic heterocycles. The number of amidine groups is 1. The molecule has 3 heterocycles. The van der Waals surface area contributed by atoms with Gasteiger partial charge in [-0.2, -0.15) is 0 Å². The number of hydrogen-bond acceptors (Lipinski definition) is 9. The molecule has 13 heteroatoms. The highest BCUT2D eigenvalue weighted by atomic mass is 35.5. The van der Waals surface area contributed by atoms with Crippen LogP contribution in [0.3, 0.4) is 0 Å².